The van der Waals surface area contributed by atoms with E-state index in [1.165, 1.54) is 10.8 Å². The maximum absolute atomic E-state index is 5.62. The molecule has 0 fully saturated rings. The third kappa shape index (κ3) is 2.02. The number of fused-ring (bicyclic) bond motifs is 1. The number of hydrogen-bond acceptors (Lipinski definition) is 1. The Kier molecular flexibility index (Phi) is 2.96. The van der Waals surface area contributed by atoms with Gasteiger partial charge in [0.05, 0.1) is 0 Å². The number of nitrogens with two attached hydrogens (primary N) is 1. The summed E-state index contributed by atoms with van der Waals surface area (Å²) < 4.78 is 2.03. The van der Waals surface area contributed by atoms with Gasteiger partial charge >= 0.3 is 0 Å². The molecule has 0 unspecified atom stereocenters. The Morgan fingerprint density at radius 1 is 1.08 bits per heavy atom. The minimum Gasteiger partial charge on any atom is -0.399 e. The molecule has 70 valence electrons. The van der Waals surface area contributed by atoms with Gasteiger partial charge in [-0.05, 0) is 17.5 Å². The molecule has 0 spiro atoms. The SMILES string of the molecule is CC.Cn1cc2ccc(N)cc2c1. The standard InChI is InChI=1S/C9H10N2.C2H6/c1-11-5-7-2-3-9(10)4-8(7)6-11;1-2/h2-6H,10H2,1H3;1-2H3. The Bertz CT molecular complexity index is 388. The molecular weight excluding hydrogens is 160 g/mol. The third-order valence-corrected chi connectivity index (χ3v) is 1.80. The molecule has 0 saturated heterocycles. The predicted molar refractivity (Wildman–Crippen MR) is 58.7 cm³/mol. The van der Waals surface area contributed by atoms with Gasteiger partial charge in [0, 0.05) is 30.5 Å². The number of anilines is 1. The predicted octanol–water partition coefficient (Wildman–Crippen LogP) is 2.79. The summed E-state index contributed by atoms with van der Waals surface area (Å²) in [5, 5.41) is 2.44. The number of rotatable bonds is 0. The van der Waals surface area contributed by atoms with Gasteiger partial charge in [0.1, 0.15) is 0 Å². The molecule has 0 saturated carbocycles. The van der Waals surface area contributed by atoms with Crippen molar-refractivity contribution in [3.63, 3.8) is 0 Å². The lowest BCUT2D eigenvalue weighted by atomic mass is 10.2. The number of benzene rings is 1. The highest BCUT2D eigenvalue weighted by Crippen LogP contribution is 2.17. The van der Waals surface area contributed by atoms with E-state index in [0.717, 1.165) is 5.69 Å². The Balaban J connectivity index is 0.000000396. The van der Waals surface area contributed by atoms with Crippen molar-refractivity contribution in [1.29, 1.82) is 0 Å². The van der Waals surface area contributed by atoms with E-state index >= 15 is 0 Å². The highest BCUT2D eigenvalue weighted by Gasteiger charge is 1.94. The van der Waals surface area contributed by atoms with Crippen LogP contribution in [0.2, 0.25) is 0 Å². The molecule has 0 aliphatic rings. The summed E-state index contributed by atoms with van der Waals surface area (Å²) in [6, 6.07) is 5.93. The van der Waals surface area contributed by atoms with Crippen LogP contribution in [0.4, 0.5) is 5.69 Å². The Morgan fingerprint density at radius 3 is 2.38 bits per heavy atom. The fourth-order valence-electron chi connectivity index (χ4n) is 1.30. The first-order valence-electron chi connectivity index (χ1n) is 4.57. The van der Waals surface area contributed by atoms with Gasteiger partial charge in [-0.1, -0.05) is 19.9 Å². The van der Waals surface area contributed by atoms with Crippen LogP contribution in [0.5, 0.6) is 0 Å². The molecule has 0 atom stereocenters. The van der Waals surface area contributed by atoms with Crippen LogP contribution in [0.25, 0.3) is 10.8 Å². The molecule has 13 heavy (non-hydrogen) atoms. The summed E-state index contributed by atoms with van der Waals surface area (Å²) in [6.07, 6.45) is 4.14. The molecule has 1 aromatic heterocycles. The van der Waals surface area contributed by atoms with E-state index < -0.39 is 0 Å². The summed E-state index contributed by atoms with van der Waals surface area (Å²) in [6.45, 7) is 4.00. The largest absolute Gasteiger partial charge is 0.399 e. The zero-order valence-electron chi connectivity index (χ0n) is 8.41. The topological polar surface area (TPSA) is 30.9 Å². The van der Waals surface area contributed by atoms with Crippen LogP contribution in [0, 0.1) is 0 Å². The lowest BCUT2D eigenvalue weighted by molar-refractivity contribution is 0.933. The number of hydrogen-bond donors (Lipinski definition) is 1. The van der Waals surface area contributed by atoms with Gasteiger partial charge in [0.15, 0.2) is 0 Å². The van der Waals surface area contributed by atoms with Gasteiger partial charge in [0.25, 0.3) is 0 Å². The van der Waals surface area contributed by atoms with Crippen molar-refractivity contribution >= 4 is 16.5 Å². The van der Waals surface area contributed by atoms with Crippen LogP contribution in [-0.2, 0) is 7.05 Å². The number of nitrogen functional groups attached to an aromatic ring is 1. The second-order valence-electron chi connectivity index (χ2n) is 2.81. The third-order valence-electron chi connectivity index (χ3n) is 1.80. The average Bonchev–Trinajstić information content (AvgIpc) is 2.48. The molecule has 2 rings (SSSR count). The highest BCUT2D eigenvalue weighted by molar-refractivity contribution is 5.85. The van der Waals surface area contributed by atoms with Gasteiger partial charge < -0.3 is 10.3 Å². The molecule has 0 radical (unpaired) electrons. The quantitative estimate of drug-likeness (QED) is 0.615. The van der Waals surface area contributed by atoms with E-state index in [0.29, 0.717) is 0 Å². The normalized spacial score (nSPS) is 9.46. The van der Waals surface area contributed by atoms with E-state index in [1.54, 1.807) is 0 Å². The van der Waals surface area contributed by atoms with E-state index in [1.807, 2.05) is 43.7 Å². The molecule has 2 nitrogen and oxygen atoms in total. The Hall–Kier alpha value is -1.44. The van der Waals surface area contributed by atoms with Gasteiger partial charge in [-0.25, -0.2) is 0 Å². The van der Waals surface area contributed by atoms with Crippen LogP contribution in [-0.4, -0.2) is 4.57 Å². The molecule has 0 amide bonds. The Labute approximate surface area is 79.0 Å². The summed E-state index contributed by atoms with van der Waals surface area (Å²) in [7, 11) is 2.01. The van der Waals surface area contributed by atoms with Crippen LogP contribution < -0.4 is 5.73 Å². The van der Waals surface area contributed by atoms with Crippen molar-refractivity contribution < 1.29 is 0 Å². The van der Waals surface area contributed by atoms with Crippen molar-refractivity contribution in [2.45, 2.75) is 13.8 Å². The molecular formula is C11H16N2. The summed E-state index contributed by atoms with van der Waals surface area (Å²) in [5.41, 5.74) is 6.45. The molecule has 2 N–H and O–H groups in total. The second kappa shape index (κ2) is 3.99. The van der Waals surface area contributed by atoms with Crippen molar-refractivity contribution in [2.24, 2.45) is 7.05 Å². The van der Waals surface area contributed by atoms with E-state index in [2.05, 4.69) is 12.4 Å². The number of aryl methyl sites for hydroxylation is 1. The fraction of sp³-hybridized carbons (Fsp3) is 0.273. The van der Waals surface area contributed by atoms with E-state index in [-0.39, 0.29) is 0 Å². The molecule has 2 heteroatoms. The zero-order valence-corrected chi connectivity index (χ0v) is 8.41. The van der Waals surface area contributed by atoms with Gasteiger partial charge in [0.2, 0.25) is 0 Å². The lowest BCUT2D eigenvalue weighted by Crippen LogP contribution is -1.81. The van der Waals surface area contributed by atoms with Crippen molar-refractivity contribution in [1.82, 2.24) is 4.57 Å². The molecule has 1 aromatic carbocycles. The summed E-state index contributed by atoms with van der Waals surface area (Å²) in [4.78, 5) is 0. The molecule has 1 heterocycles. The average molecular weight is 176 g/mol. The van der Waals surface area contributed by atoms with Crippen LogP contribution >= 0.6 is 0 Å². The van der Waals surface area contributed by atoms with Gasteiger partial charge in [-0.2, -0.15) is 0 Å². The maximum Gasteiger partial charge on any atom is 0.0320 e. The molecule has 0 aliphatic heterocycles. The maximum atomic E-state index is 5.62. The van der Waals surface area contributed by atoms with Crippen molar-refractivity contribution in [3.8, 4) is 0 Å². The smallest absolute Gasteiger partial charge is 0.0320 e. The van der Waals surface area contributed by atoms with Crippen LogP contribution in [0.1, 0.15) is 13.8 Å². The fourth-order valence-corrected chi connectivity index (χ4v) is 1.30. The Morgan fingerprint density at radius 2 is 1.69 bits per heavy atom. The first-order valence-corrected chi connectivity index (χ1v) is 4.57. The molecule has 2 aromatic rings. The summed E-state index contributed by atoms with van der Waals surface area (Å²) >= 11 is 0. The summed E-state index contributed by atoms with van der Waals surface area (Å²) in [5.74, 6) is 0. The van der Waals surface area contributed by atoms with E-state index in [4.69, 9.17) is 5.73 Å². The second-order valence-corrected chi connectivity index (χ2v) is 2.81. The van der Waals surface area contributed by atoms with Crippen molar-refractivity contribution in [3.05, 3.63) is 30.6 Å². The van der Waals surface area contributed by atoms with E-state index in [9.17, 15) is 0 Å². The monoisotopic (exact) mass is 176 g/mol. The minimum absolute atomic E-state index is 0.823. The van der Waals surface area contributed by atoms with Gasteiger partial charge in [-0.3, -0.25) is 0 Å². The highest BCUT2D eigenvalue weighted by atomic mass is 14.9. The number of nitrogens with zero attached hydrogens (tertiary/aromatic N) is 1. The molecule has 0 bridgehead atoms. The van der Waals surface area contributed by atoms with Crippen LogP contribution in [0.3, 0.4) is 0 Å². The lowest BCUT2D eigenvalue weighted by Gasteiger charge is -1.90. The van der Waals surface area contributed by atoms with Crippen molar-refractivity contribution in [2.75, 3.05) is 5.73 Å². The van der Waals surface area contributed by atoms with Gasteiger partial charge in [-0.15, -0.1) is 0 Å². The first-order chi connectivity index (χ1) is 6.25. The number of aromatic nitrogens is 1. The zero-order chi connectivity index (χ0) is 9.84. The first kappa shape index (κ1) is 9.65. The molecule has 0 aliphatic carbocycles. The van der Waals surface area contributed by atoms with Crippen LogP contribution in [0.15, 0.2) is 30.6 Å². The minimum atomic E-state index is 0.823.